The Morgan fingerprint density at radius 3 is 2.26 bits per heavy atom. The Hall–Kier alpha value is -1.91. The van der Waals surface area contributed by atoms with Crippen molar-refractivity contribution < 1.29 is 4.79 Å². The van der Waals surface area contributed by atoms with Crippen LogP contribution in [0.15, 0.2) is 36.4 Å². The third-order valence-corrected chi connectivity index (χ3v) is 2.98. The normalized spacial score (nSPS) is 10.2. The largest absolute Gasteiger partial charge is 0.399 e. The third kappa shape index (κ3) is 3.30. The summed E-state index contributed by atoms with van der Waals surface area (Å²) in [5, 5.41) is 3.53. The molecule has 0 saturated carbocycles. The predicted octanol–water partition coefficient (Wildman–Crippen LogP) is 3.41. The molecule has 2 aromatic carbocycles. The summed E-state index contributed by atoms with van der Waals surface area (Å²) in [4.78, 5) is 12.1. The van der Waals surface area contributed by atoms with E-state index in [0.717, 1.165) is 0 Å². The average Bonchev–Trinajstić information content (AvgIpc) is 2.32. The molecule has 1 amide bonds. The number of benzene rings is 2. The number of carbonyl (C=O) groups is 1. The molecule has 6 heteroatoms. The van der Waals surface area contributed by atoms with Gasteiger partial charge in [0.25, 0.3) is 5.91 Å². The van der Waals surface area contributed by atoms with Gasteiger partial charge in [0, 0.05) is 22.0 Å². The maximum atomic E-state index is 12.1. The van der Waals surface area contributed by atoms with Crippen molar-refractivity contribution in [1.29, 1.82) is 0 Å². The molecule has 2 aromatic rings. The number of rotatable bonds is 2. The summed E-state index contributed by atoms with van der Waals surface area (Å²) in [5.74, 6) is -0.358. The number of carbonyl (C=O) groups excluding carboxylic acids is 1. The molecule has 0 spiro atoms. The van der Waals surface area contributed by atoms with E-state index in [1.54, 1.807) is 24.3 Å². The van der Waals surface area contributed by atoms with Gasteiger partial charge in [-0.2, -0.15) is 0 Å². The molecular formula is C13H11Cl2N3O. The van der Waals surface area contributed by atoms with Crippen LogP contribution in [0.1, 0.15) is 10.4 Å². The zero-order valence-electron chi connectivity index (χ0n) is 9.78. The monoisotopic (exact) mass is 295 g/mol. The van der Waals surface area contributed by atoms with E-state index in [0.29, 0.717) is 32.7 Å². The molecule has 0 fully saturated rings. The summed E-state index contributed by atoms with van der Waals surface area (Å²) in [6, 6.07) is 9.44. The first-order chi connectivity index (χ1) is 8.95. The van der Waals surface area contributed by atoms with Crippen molar-refractivity contribution in [3.63, 3.8) is 0 Å². The summed E-state index contributed by atoms with van der Waals surface area (Å²) in [5.41, 5.74) is 12.9. The van der Waals surface area contributed by atoms with Crippen molar-refractivity contribution >= 4 is 46.2 Å². The zero-order valence-corrected chi connectivity index (χ0v) is 11.3. The minimum Gasteiger partial charge on any atom is -0.399 e. The van der Waals surface area contributed by atoms with Crippen molar-refractivity contribution in [1.82, 2.24) is 0 Å². The van der Waals surface area contributed by atoms with Crippen molar-refractivity contribution in [2.24, 2.45) is 0 Å². The van der Waals surface area contributed by atoms with Crippen LogP contribution in [0.25, 0.3) is 0 Å². The number of nitrogens with two attached hydrogens (primary N) is 2. The quantitative estimate of drug-likeness (QED) is 0.743. The van der Waals surface area contributed by atoms with Gasteiger partial charge in [0.15, 0.2) is 0 Å². The molecule has 19 heavy (non-hydrogen) atoms. The molecule has 0 bridgehead atoms. The molecule has 0 unspecified atom stereocenters. The van der Waals surface area contributed by atoms with Gasteiger partial charge in [0.2, 0.25) is 0 Å². The minimum atomic E-state index is -0.358. The Balaban J connectivity index is 2.28. The fourth-order valence-electron chi connectivity index (χ4n) is 1.60. The van der Waals surface area contributed by atoms with E-state index in [9.17, 15) is 4.79 Å². The topological polar surface area (TPSA) is 81.1 Å². The van der Waals surface area contributed by atoms with Crippen molar-refractivity contribution in [3.05, 3.63) is 52.0 Å². The summed E-state index contributed by atoms with van der Waals surface area (Å²) in [6.45, 7) is 0. The second-order valence-electron chi connectivity index (χ2n) is 3.97. The lowest BCUT2D eigenvalue weighted by atomic mass is 10.1. The highest BCUT2D eigenvalue weighted by atomic mass is 35.5. The molecule has 0 aliphatic heterocycles. The van der Waals surface area contributed by atoms with E-state index in [1.807, 2.05) is 0 Å². The van der Waals surface area contributed by atoms with E-state index < -0.39 is 0 Å². The molecule has 2 rings (SSSR count). The van der Waals surface area contributed by atoms with E-state index in [-0.39, 0.29) is 5.91 Å². The van der Waals surface area contributed by atoms with Gasteiger partial charge >= 0.3 is 0 Å². The number of nitrogens with one attached hydrogen (secondary N) is 1. The fraction of sp³-hybridized carbons (Fsp3) is 0. The lowest BCUT2D eigenvalue weighted by Crippen LogP contribution is -2.13. The molecule has 5 N–H and O–H groups in total. The van der Waals surface area contributed by atoms with Gasteiger partial charge in [-0.1, -0.05) is 23.2 Å². The van der Waals surface area contributed by atoms with Crippen LogP contribution in [-0.2, 0) is 0 Å². The van der Waals surface area contributed by atoms with Crippen LogP contribution in [-0.4, -0.2) is 5.91 Å². The fourth-order valence-corrected chi connectivity index (χ4v) is 1.93. The molecule has 0 aliphatic carbocycles. The number of hydrogen-bond donors (Lipinski definition) is 3. The van der Waals surface area contributed by atoms with E-state index >= 15 is 0 Å². The molecule has 0 radical (unpaired) electrons. The van der Waals surface area contributed by atoms with Gasteiger partial charge in [-0.05, 0) is 36.4 Å². The number of amides is 1. The SMILES string of the molecule is Nc1cc(N)cc(C(=O)Nc2cc(Cl)ccc2Cl)c1. The average molecular weight is 296 g/mol. The van der Waals surface area contributed by atoms with Crippen molar-refractivity contribution in [2.45, 2.75) is 0 Å². The van der Waals surface area contributed by atoms with Gasteiger partial charge in [-0.25, -0.2) is 0 Å². The van der Waals surface area contributed by atoms with Gasteiger partial charge < -0.3 is 16.8 Å². The highest BCUT2D eigenvalue weighted by molar-refractivity contribution is 6.35. The Morgan fingerprint density at radius 1 is 1.00 bits per heavy atom. The molecule has 98 valence electrons. The second kappa shape index (κ2) is 5.38. The number of anilines is 3. The number of hydrogen-bond acceptors (Lipinski definition) is 3. The highest BCUT2D eigenvalue weighted by Crippen LogP contribution is 2.26. The van der Waals surface area contributed by atoms with E-state index in [4.69, 9.17) is 34.7 Å². The third-order valence-electron chi connectivity index (χ3n) is 2.42. The number of nitrogen functional groups attached to an aromatic ring is 2. The zero-order chi connectivity index (χ0) is 14.0. The summed E-state index contributed by atoms with van der Waals surface area (Å²) in [7, 11) is 0. The summed E-state index contributed by atoms with van der Waals surface area (Å²) < 4.78 is 0. The van der Waals surface area contributed by atoms with Gasteiger partial charge in [-0.15, -0.1) is 0 Å². The Kier molecular flexibility index (Phi) is 3.83. The van der Waals surface area contributed by atoms with Crippen molar-refractivity contribution in [3.8, 4) is 0 Å². The maximum Gasteiger partial charge on any atom is 0.255 e. The minimum absolute atomic E-state index is 0.355. The standard InChI is InChI=1S/C13H11Cl2N3O/c14-8-1-2-11(15)12(5-8)18-13(19)7-3-9(16)6-10(17)4-7/h1-6H,16-17H2,(H,18,19). The summed E-state index contributed by atoms with van der Waals surface area (Å²) in [6.07, 6.45) is 0. The van der Waals surface area contributed by atoms with Crippen LogP contribution in [0, 0.1) is 0 Å². The van der Waals surface area contributed by atoms with Crippen LogP contribution in [0.3, 0.4) is 0 Å². The predicted molar refractivity (Wildman–Crippen MR) is 79.7 cm³/mol. The first-order valence-corrected chi connectivity index (χ1v) is 6.14. The molecule has 0 saturated heterocycles. The summed E-state index contributed by atoms with van der Waals surface area (Å²) >= 11 is 11.8. The molecule has 4 nitrogen and oxygen atoms in total. The van der Waals surface area contributed by atoms with E-state index in [2.05, 4.69) is 5.32 Å². The lowest BCUT2D eigenvalue weighted by Gasteiger charge is -2.09. The first kappa shape index (κ1) is 13.5. The van der Waals surface area contributed by atoms with Crippen molar-refractivity contribution in [2.75, 3.05) is 16.8 Å². The van der Waals surface area contributed by atoms with Gasteiger partial charge in [-0.3, -0.25) is 4.79 Å². The van der Waals surface area contributed by atoms with Gasteiger partial charge in [0.1, 0.15) is 0 Å². The first-order valence-electron chi connectivity index (χ1n) is 5.38. The Bertz CT molecular complexity index is 624. The van der Waals surface area contributed by atoms with E-state index in [1.165, 1.54) is 12.1 Å². The number of halogens is 2. The Morgan fingerprint density at radius 2 is 1.63 bits per heavy atom. The van der Waals surface area contributed by atoms with Crippen LogP contribution in [0.5, 0.6) is 0 Å². The van der Waals surface area contributed by atoms with Crippen LogP contribution in [0.2, 0.25) is 10.0 Å². The van der Waals surface area contributed by atoms with Crippen LogP contribution >= 0.6 is 23.2 Å². The van der Waals surface area contributed by atoms with Crippen LogP contribution in [0.4, 0.5) is 17.1 Å². The molecule has 0 atom stereocenters. The molecule has 0 aromatic heterocycles. The molecule has 0 heterocycles. The Labute approximate surface area is 120 Å². The lowest BCUT2D eigenvalue weighted by molar-refractivity contribution is 0.102. The molecule has 0 aliphatic rings. The van der Waals surface area contributed by atoms with Crippen LogP contribution < -0.4 is 16.8 Å². The maximum absolute atomic E-state index is 12.1. The van der Waals surface area contributed by atoms with Gasteiger partial charge in [0.05, 0.1) is 10.7 Å². The molecular weight excluding hydrogens is 285 g/mol. The second-order valence-corrected chi connectivity index (χ2v) is 4.81. The smallest absolute Gasteiger partial charge is 0.255 e. The highest BCUT2D eigenvalue weighted by Gasteiger charge is 2.10.